The summed E-state index contributed by atoms with van der Waals surface area (Å²) >= 11 is 0. The van der Waals surface area contributed by atoms with Crippen LogP contribution in [0.2, 0.25) is 0 Å². The van der Waals surface area contributed by atoms with E-state index in [9.17, 15) is 9.59 Å². The summed E-state index contributed by atoms with van der Waals surface area (Å²) in [5.41, 5.74) is -0.531. The number of hydrogen-bond acceptors (Lipinski definition) is 4. The molecule has 2 N–H and O–H groups in total. The van der Waals surface area contributed by atoms with Gasteiger partial charge in [-0.2, -0.15) is 0 Å². The molecule has 1 fully saturated rings. The first kappa shape index (κ1) is 13.2. The fourth-order valence-corrected chi connectivity index (χ4v) is 2.27. The minimum atomic E-state index is -1.11. The van der Waals surface area contributed by atoms with Crippen molar-refractivity contribution in [3.8, 4) is 11.5 Å². The van der Waals surface area contributed by atoms with E-state index >= 15 is 0 Å². The maximum atomic E-state index is 12.1. The third kappa shape index (κ3) is 1.99. The van der Waals surface area contributed by atoms with Crippen LogP contribution in [0.4, 0.5) is 4.79 Å². The second kappa shape index (κ2) is 4.79. The molecule has 0 radical (unpaired) electrons. The first-order valence-electron chi connectivity index (χ1n) is 5.93. The Balaban J connectivity index is 2.60. The minimum absolute atomic E-state index is 0.383. The monoisotopic (exact) mass is 264 g/mol. The molecule has 1 aromatic rings. The maximum Gasteiger partial charge on any atom is 0.322 e. The van der Waals surface area contributed by atoms with Crippen molar-refractivity contribution in [2.24, 2.45) is 0 Å². The lowest BCUT2D eigenvalue weighted by Gasteiger charge is -2.27. The fraction of sp³-hybridized carbons (Fsp3) is 0.385. The van der Waals surface area contributed by atoms with Crippen LogP contribution < -0.4 is 20.1 Å². The number of ether oxygens (including phenoxy) is 2. The van der Waals surface area contributed by atoms with Gasteiger partial charge in [-0.1, -0.05) is 6.92 Å². The fourth-order valence-electron chi connectivity index (χ4n) is 2.27. The highest BCUT2D eigenvalue weighted by atomic mass is 16.5. The quantitative estimate of drug-likeness (QED) is 0.800. The molecule has 0 aliphatic carbocycles. The van der Waals surface area contributed by atoms with Gasteiger partial charge in [0.25, 0.3) is 5.91 Å². The number of methoxy groups -OCH3 is 2. The summed E-state index contributed by atoms with van der Waals surface area (Å²) < 4.78 is 10.4. The molecular weight excluding hydrogens is 248 g/mol. The van der Waals surface area contributed by atoms with Crippen LogP contribution in [0.1, 0.15) is 18.9 Å². The van der Waals surface area contributed by atoms with Crippen LogP contribution in [0.25, 0.3) is 0 Å². The van der Waals surface area contributed by atoms with Gasteiger partial charge in [0.15, 0.2) is 0 Å². The minimum Gasteiger partial charge on any atom is -0.497 e. The Morgan fingerprint density at radius 2 is 1.95 bits per heavy atom. The van der Waals surface area contributed by atoms with Crippen LogP contribution in [0, 0.1) is 0 Å². The number of nitrogens with one attached hydrogen (secondary N) is 2. The molecule has 6 nitrogen and oxygen atoms in total. The van der Waals surface area contributed by atoms with Crippen LogP contribution in [-0.2, 0) is 10.3 Å². The van der Waals surface area contributed by atoms with Gasteiger partial charge in [-0.15, -0.1) is 0 Å². The van der Waals surface area contributed by atoms with E-state index in [4.69, 9.17) is 9.47 Å². The molecule has 102 valence electrons. The van der Waals surface area contributed by atoms with Crippen molar-refractivity contribution in [1.29, 1.82) is 0 Å². The van der Waals surface area contributed by atoms with E-state index in [-0.39, 0.29) is 5.91 Å². The van der Waals surface area contributed by atoms with Gasteiger partial charge in [0.1, 0.15) is 17.0 Å². The molecule has 1 aromatic carbocycles. The topological polar surface area (TPSA) is 76.7 Å². The first-order chi connectivity index (χ1) is 9.07. The second-order valence-electron chi connectivity index (χ2n) is 4.23. The lowest BCUT2D eigenvalue weighted by molar-refractivity contribution is -0.124. The number of rotatable bonds is 4. The Hall–Kier alpha value is -2.24. The highest BCUT2D eigenvalue weighted by Gasteiger charge is 2.48. The van der Waals surface area contributed by atoms with Gasteiger partial charge < -0.3 is 14.8 Å². The lowest BCUT2D eigenvalue weighted by atomic mass is 9.86. The van der Waals surface area contributed by atoms with E-state index in [0.29, 0.717) is 23.5 Å². The van der Waals surface area contributed by atoms with Gasteiger partial charge in [0.05, 0.1) is 14.2 Å². The number of imide groups is 1. The molecule has 1 atom stereocenters. The van der Waals surface area contributed by atoms with E-state index in [0.717, 1.165) is 0 Å². The summed E-state index contributed by atoms with van der Waals surface area (Å²) in [4.78, 5) is 23.6. The van der Waals surface area contributed by atoms with Crippen molar-refractivity contribution in [2.75, 3.05) is 14.2 Å². The largest absolute Gasteiger partial charge is 0.497 e. The van der Waals surface area contributed by atoms with Crippen LogP contribution in [0.3, 0.4) is 0 Å². The van der Waals surface area contributed by atoms with Gasteiger partial charge >= 0.3 is 6.03 Å². The Morgan fingerprint density at radius 3 is 2.42 bits per heavy atom. The van der Waals surface area contributed by atoms with E-state index in [1.54, 1.807) is 18.2 Å². The smallest absolute Gasteiger partial charge is 0.322 e. The molecule has 0 aromatic heterocycles. The molecule has 1 aliphatic heterocycles. The molecule has 6 heteroatoms. The lowest BCUT2D eigenvalue weighted by Crippen LogP contribution is -2.43. The molecule has 1 heterocycles. The van der Waals surface area contributed by atoms with E-state index in [1.165, 1.54) is 14.2 Å². The molecule has 0 bridgehead atoms. The summed E-state index contributed by atoms with van der Waals surface area (Å²) in [6, 6.07) is 4.65. The molecule has 19 heavy (non-hydrogen) atoms. The number of amides is 3. The van der Waals surface area contributed by atoms with Crippen LogP contribution >= 0.6 is 0 Å². The number of urea groups is 1. The number of carbonyl (C=O) groups is 2. The predicted octanol–water partition coefficient (Wildman–Crippen LogP) is 1.15. The molecule has 1 unspecified atom stereocenters. The molecule has 0 saturated carbocycles. The summed E-state index contributed by atoms with van der Waals surface area (Å²) in [5.74, 6) is 0.740. The molecule has 1 aliphatic rings. The van der Waals surface area contributed by atoms with Gasteiger partial charge in [-0.05, 0) is 24.6 Å². The van der Waals surface area contributed by atoms with E-state index in [2.05, 4.69) is 10.6 Å². The van der Waals surface area contributed by atoms with Crippen molar-refractivity contribution in [2.45, 2.75) is 18.9 Å². The summed E-state index contributed by atoms with van der Waals surface area (Å²) in [7, 11) is 3.06. The second-order valence-corrected chi connectivity index (χ2v) is 4.23. The zero-order valence-corrected chi connectivity index (χ0v) is 11.1. The van der Waals surface area contributed by atoms with Crippen molar-refractivity contribution in [3.63, 3.8) is 0 Å². The number of benzene rings is 1. The Kier molecular flexibility index (Phi) is 3.33. The summed E-state index contributed by atoms with van der Waals surface area (Å²) in [6.07, 6.45) is 0.411. The SMILES string of the molecule is CCC1(c2cc(OC)ccc2OC)NC(=O)NC1=O. The van der Waals surface area contributed by atoms with Crippen LogP contribution in [0.5, 0.6) is 11.5 Å². The van der Waals surface area contributed by atoms with Crippen LogP contribution in [-0.4, -0.2) is 26.2 Å². The average molecular weight is 264 g/mol. The maximum absolute atomic E-state index is 12.1. The summed E-state index contributed by atoms with van der Waals surface area (Å²) in [6.45, 7) is 1.82. The summed E-state index contributed by atoms with van der Waals surface area (Å²) in [5, 5.41) is 4.93. The third-order valence-corrected chi connectivity index (χ3v) is 3.34. The van der Waals surface area contributed by atoms with Gasteiger partial charge in [-0.25, -0.2) is 4.79 Å². The van der Waals surface area contributed by atoms with Crippen molar-refractivity contribution in [1.82, 2.24) is 10.6 Å². The molecular formula is C13H16N2O4. The van der Waals surface area contributed by atoms with E-state index < -0.39 is 11.6 Å². The molecule has 0 spiro atoms. The van der Waals surface area contributed by atoms with Crippen molar-refractivity contribution < 1.29 is 19.1 Å². The first-order valence-corrected chi connectivity index (χ1v) is 5.93. The Labute approximate surface area is 111 Å². The third-order valence-electron chi connectivity index (χ3n) is 3.34. The molecule has 1 saturated heterocycles. The molecule has 3 amide bonds. The predicted molar refractivity (Wildman–Crippen MR) is 68.2 cm³/mol. The number of hydrogen-bond donors (Lipinski definition) is 2. The standard InChI is InChI=1S/C13H16N2O4/c1-4-13(11(16)14-12(17)15-13)9-7-8(18-2)5-6-10(9)19-3/h5-7H,4H2,1-3H3,(H2,14,15,16,17). The highest BCUT2D eigenvalue weighted by molar-refractivity contribution is 6.07. The van der Waals surface area contributed by atoms with Gasteiger partial charge in [-0.3, -0.25) is 10.1 Å². The average Bonchev–Trinajstić information content (AvgIpc) is 2.73. The Bertz CT molecular complexity index is 529. The zero-order valence-electron chi connectivity index (χ0n) is 11.1. The molecule has 2 rings (SSSR count). The zero-order chi connectivity index (χ0) is 14.0. The van der Waals surface area contributed by atoms with Crippen molar-refractivity contribution >= 4 is 11.9 Å². The normalized spacial score (nSPS) is 21.8. The van der Waals surface area contributed by atoms with E-state index in [1.807, 2.05) is 6.92 Å². The number of carbonyl (C=O) groups excluding carboxylic acids is 2. The van der Waals surface area contributed by atoms with Crippen molar-refractivity contribution in [3.05, 3.63) is 23.8 Å². The van der Waals surface area contributed by atoms with Gasteiger partial charge in [0, 0.05) is 5.56 Å². The van der Waals surface area contributed by atoms with Gasteiger partial charge in [0.2, 0.25) is 0 Å². The Morgan fingerprint density at radius 1 is 1.21 bits per heavy atom. The van der Waals surface area contributed by atoms with Crippen LogP contribution in [0.15, 0.2) is 18.2 Å². The highest BCUT2D eigenvalue weighted by Crippen LogP contribution is 2.37.